The number of carbonyl (C=O) groups is 1. The predicted octanol–water partition coefficient (Wildman–Crippen LogP) is 6.61. The van der Waals surface area contributed by atoms with Crippen molar-refractivity contribution in [1.82, 2.24) is 4.98 Å². The highest BCUT2D eigenvalue weighted by Gasteiger charge is 2.26. The lowest BCUT2D eigenvalue weighted by Crippen LogP contribution is -2.31. The van der Waals surface area contributed by atoms with Crippen molar-refractivity contribution in [2.45, 2.75) is 18.7 Å². The lowest BCUT2D eigenvalue weighted by Gasteiger charge is -2.23. The second-order valence-electron chi connectivity index (χ2n) is 9.88. The fraction of sp³-hybridized carbons (Fsp3) is 0.0909. The van der Waals surface area contributed by atoms with Crippen LogP contribution in [0.4, 0.5) is 10.8 Å². The van der Waals surface area contributed by atoms with Crippen molar-refractivity contribution >= 4 is 65.5 Å². The van der Waals surface area contributed by atoms with Crippen LogP contribution < -0.4 is 14.7 Å². The van der Waals surface area contributed by atoms with Crippen molar-refractivity contribution in [3.05, 3.63) is 130 Å². The summed E-state index contributed by atoms with van der Waals surface area (Å²) in [6, 6.07) is 27.1. The molecule has 1 amide bonds. The Morgan fingerprint density at radius 2 is 1.70 bits per heavy atom. The van der Waals surface area contributed by atoms with Crippen LogP contribution in [0.5, 0.6) is 0 Å². The second kappa shape index (κ2) is 11.9. The van der Waals surface area contributed by atoms with E-state index in [9.17, 15) is 18.0 Å². The molecular weight excluding hydrogens is 597 g/mol. The molecular formula is C33H26N4O5S2. The number of para-hydroxylation sites is 2. The maximum absolute atomic E-state index is 13.9. The van der Waals surface area contributed by atoms with Gasteiger partial charge in [-0.1, -0.05) is 47.7 Å². The third-order valence-corrected chi connectivity index (χ3v) is 9.86. The van der Waals surface area contributed by atoms with Crippen LogP contribution in [0.2, 0.25) is 0 Å². The maximum Gasteiger partial charge on any atom is 0.280 e. The molecule has 220 valence electrons. The molecule has 0 aliphatic rings. The zero-order valence-electron chi connectivity index (χ0n) is 23.7. The molecule has 2 heterocycles. The molecule has 11 heteroatoms. The zero-order valence-corrected chi connectivity index (χ0v) is 25.4. The Hall–Kier alpha value is -5.13. The molecule has 0 aliphatic carbocycles. The number of nitrogens with zero attached hydrogens (tertiary/aromatic N) is 4. The molecule has 44 heavy (non-hydrogen) atoms. The topological polar surface area (TPSA) is 113 Å². The maximum atomic E-state index is 13.9. The summed E-state index contributed by atoms with van der Waals surface area (Å²) in [5, 5.41) is 6.18. The summed E-state index contributed by atoms with van der Waals surface area (Å²) in [6.07, 6.45) is 2.57. The van der Waals surface area contributed by atoms with Gasteiger partial charge in [0.25, 0.3) is 15.9 Å². The van der Waals surface area contributed by atoms with E-state index in [2.05, 4.69) is 10.1 Å². The van der Waals surface area contributed by atoms with E-state index in [0.717, 1.165) is 15.3 Å². The van der Waals surface area contributed by atoms with Crippen molar-refractivity contribution in [2.24, 2.45) is 5.10 Å². The van der Waals surface area contributed by atoms with Crippen LogP contribution in [-0.4, -0.2) is 32.1 Å². The Balaban J connectivity index is 1.37. The molecule has 6 rings (SSSR count). The number of hydrazone groups is 1. The van der Waals surface area contributed by atoms with Gasteiger partial charge in [0.1, 0.15) is 11.8 Å². The van der Waals surface area contributed by atoms with Crippen LogP contribution in [0.3, 0.4) is 0 Å². The van der Waals surface area contributed by atoms with Crippen LogP contribution in [-0.2, 0) is 10.0 Å². The van der Waals surface area contributed by atoms with E-state index in [1.807, 2.05) is 31.2 Å². The number of thiazole rings is 1. The highest BCUT2D eigenvalue weighted by molar-refractivity contribution is 7.92. The monoisotopic (exact) mass is 622 g/mol. The quantitative estimate of drug-likeness (QED) is 0.140. The van der Waals surface area contributed by atoms with Crippen molar-refractivity contribution in [1.29, 1.82) is 0 Å². The van der Waals surface area contributed by atoms with Crippen LogP contribution in [0, 0.1) is 6.92 Å². The van der Waals surface area contributed by atoms with Crippen molar-refractivity contribution < 1.29 is 17.6 Å². The first-order valence-corrected chi connectivity index (χ1v) is 16.0. The van der Waals surface area contributed by atoms with Crippen molar-refractivity contribution in [2.75, 3.05) is 15.9 Å². The number of carbonyl (C=O) groups excluding carboxylic acids is 1. The van der Waals surface area contributed by atoms with Crippen LogP contribution in [0.25, 0.3) is 21.2 Å². The summed E-state index contributed by atoms with van der Waals surface area (Å²) >= 11 is 1.27. The van der Waals surface area contributed by atoms with Gasteiger partial charge in [-0.2, -0.15) is 10.1 Å². The summed E-state index contributed by atoms with van der Waals surface area (Å²) in [5.41, 5.74) is 2.75. The number of sulfonamides is 1. The molecule has 4 aromatic carbocycles. The number of amides is 1. The number of fused-ring (bicyclic) bond motifs is 2. The number of rotatable bonds is 8. The number of hydrogen-bond donors (Lipinski definition) is 0. The van der Waals surface area contributed by atoms with Crippen molar-refractivity contribution in [3.63, 3.8) is 0 Å². The number of aromatic nitrogens is 1. The number of hydrogen-bond acceptors (Lipinski definition) is 8. The van der Waals surface area contributed by atoms with Gasteiger partial charge < -0.3 is 4.42 Å². The smallest absolute Gasteiger partial charge is 0.280 e. The highest BCUT2D eigenvalue weighted by atomic mass is 32.2. The number of aryl methyl sites for hydroxylation is 1. The Morgan fingerprint density at radius 1 is 0.977 bits per heavy atom. The Labute approximate surface area is 257 Å². The molecule has 0 aliphatic heterocycles. The van der Waals surface area contributed by atoms with E-state index >= 15 is 0 Å². The minimum absolute atomic E-state index is 0.0408. The molecule has 0 atom stereocenters. The fourth-order valence-electron chi connectivity index (χ4n) is 4.71. The molecule has 2 aromatic heterocycles. The Kier molecular flexibility index (Phi) is 7.81. The first-order chi connectivity index (χ1) is 21.3. The average Bonchev–Trinajstić information content (AvgIpc) is 3.46. The molecule has 6 aromatic rings. The molecule has 0 saturated heterocycles. The van der Waals surface area contributed by atoms with Gasteiger partial charge in [-0.15, -0.1) is 0 Å². The van der Waals surface area contributed by atoms with Crippen LogP contribution in [0.1, 0.15) is 28.4 Å². The Bertz CT molecular complexity index is 2190. The van der Waals surface area contributed by atoms with Gasteiger partial charge >= 0.3 is 0 Å². The molecule has 0 spiro atoms. The fourth-order valence-corrected chi connectivity index (χ4v) is 7.20. The van der Waals surface area contributed by atoms with Gasteiger partial charge in [-0.25, -0.2) is 13.4 Å². The largest absolute Gasteiger partial charge is 0.463 e. The van der Waals surface area contributed by atoms with Crippen LogP contribution >= 0.6 is 11.3 Å². The third kappa shape index (κ3) is 5.50. The molecule has 0 fully saturated rings. The standard InChI is InChI=1S/C33H26N4O5S2/c1-3-36(25-9-5-4-6-10-25)44(40,41)26-16-14-23(15-17-26)32(39)37(33-35-28-18-13-22(2)19-30(28)43-33)34-20-24-21-42-29-12-8-7-11-27(29)31(24)38/h4-21H,3H2,1-2H3/b34-20+. The average molecular weight is 623 g/mol. The lowest BCUT2D eigenvalue weighted by atomic mass is 10.2. The number of benzene rings is 4. The summed E-state index contributed by atoms with van der Waals surface area (Å²) in [7, 11) is -3.89. The molecule has 0 saturated carbocycles. The van der Waals surface area contributed by atoms with Gasteiger partial charge in [-0.05, 0) is 80.1 Å². The lowest BCUT2D eigenvalue weighted by molar-refractivity contribution is 0.0987. The Morgan fingerprint density at radius 3 is 2.45 bits per heavy atom. The minimum Gasteiger partial charge on any atom is -0.463 e. The highest BCUT2D eigenvalue weighted by Crippen LogP contribution is 2.31. The van der Waals surface area contributed by atoms with Gasteiger partial charge in [0.05, 0.1) is 38.0 Å². The summed E-state index contributed by atoms with van der Waals surface area (Å²) in [6.45, 7) is 3.95. The number of anilines is 2. The molecule has 0 unspecified atom stereocenters. The first-order valence-electron chi connectivity index (χ1n) is 13.7. The molecule has 0 N–H and O–H groups in total. The third-order valence-electron chi connectivity index (χ3n) is 6.95. The van der Waals surface area contributed by atoms with Crippen LogP contribution in [0.15, 0.2) is 123 Å². The zero-order chi connectivity index (χ0) is 30.8. The van der Waals surface area contributed by atoms with E-state index in [-0.39, 0.29) is 33.1 Å². The SMILES string of the molecule is CCN(c1ccccc1)S(=O)(=O)c1ccc(C(=O)N(/N=C/c2coc3ccccc3c2=O)c2nc3ccc(C)cc3s2)cc1. The molecule has 0 radical (unpaired) electrons. The minimum atomic E-state index is -3.89. The summed E-state index contributed by atoms with van der Waals surface area (Å²) in [5.74, 6) is -0.554. The van der Waals surface area contributed by atoms with Crippen molar-refractivity contribution in [3.8, 4) is 0 Å². The second-order valence-corrected chi connectivity index (χ2v) is 12.7. The van der Waals surface area contributed by atoms with E-state index in [4.69, 9.17) is 4.42 Å². The van der Waals surface area contributed by atoms with Gasteiger partial charge in [0, 0.05) is 12.1 Å². The van der Waals surface area contributed by atoms with E-state index in [1.54, 1.807) is 55.5 Å². The van der Waals surface area contributed by atoms with E-state index in [1.165, 1.54) is 52.4 Å². The predicted molar refractivity (Wildman–Crippen MR) is 174 cm³/mol. The van der Waals surface area contributed by atoms with E-state index < -0.39 is 15.9 Å². The summed E-state index contributed by atoms with van der Waals surface area (Å²) < 4.78 is 34.7. The normalized spacial score (nSPS) is 11.8. The molecule has 9 nitrogen and oxygen atoms in total. The van der Waals surface area contributed by atoms with E-state index in [0.29, 0.717) is 22.2 Å². The summed E-state index contributed by atoms with van der Waals surface area (Å²) in [4.78, 5) is 31.6. The van der Waals surface area contributed by atoms with Gasteiger partial charge in [0.2, 0.25) is 10.6 Å². The van der Waals surface area contributed by atoms with Gasteiger partial charge in [0.15, 0.2) is 0 Å². The first kappa shape index (κ1) is 29.0. The molecule has 0 bridgehead atoms. The van der Waals surface area contributed by atoms with Gasteiger partial charge in [-0.3, -0.25) is 13.9 Å².